The van der Waals surface area contributed by atoms with Crippen LogP contribution in [-0.4, -0.2) is 28.2 Å². The number of nitrogens with one attached hydrogen (secondary N) is 2. The summed E-state index contributed by atoms with van der Waals surface area (Å²) in [5, 5.41) is 7.38. The van der Waals surface area contributed by atoms with E-state index in [4.69, 9.17) is 4.52 Å². The van der Waals surface area contributed by atoms with Crippen LogP contribution in [0.1, 0.15) is 30.2 Å². The third-order valence-corrected chi connectivity index (χ3v) is 3.16. The molecule has 0 radical (unpaired) electrons. The minimum Gasteiger partial charge on any atom is -0.358 e. The Bertz CT molecular complexity index is 496. The van der Waals surface area contributed by atoms with Crippen LogP contribution in [0, 0.1) is 6.92 Å². The zero-order valence-electron chi connectivity index (χ0n) is 9.86. The second-order valence-corrected chi connectivity index (χ2v) is 4.59. The molecule has 0 spiro atoms. The smallest absolute Gasteiger partial charge is 0.231 e. The molecule has 17 heavy (non-hydrogen) atoms. The molecule has 2 aromatic heterocycles. The number of nitrogens with zero attached hydrogens (tertiary/aromatic N) is 2. The highest BCUT2D eigenvalue weighted by Gasteiger charge is 2.21. The molecule has 0 aliphatic carbocycles. The van der Waals surface area contributed by atoms with Crippen molar-refractivity contribution in [3.63, 3.8) is 0 Å². The number of aryl methyl sites for hydroxylation is 1. The van der Waals surface area contributed by atoms with Gasteiger partial charge in [-0.2, -0.15) is 4.98 Å². The van der Waals surface area contributed by atoms with Crippen molar-refractivity contribution in [3.05, 3.63) is 23.7 Å². The monoisotopic (exact) mass is 232 g/mol. The molecule has 1 aliphatic rings. The van der Waals surface area contributed by atoms with Crippen molar-refractivity contribution >= 4 is 0 Å². The van der Waals surface area contributed by atoms with Crippen LogP contribution in [0.3, 0.4) is 0 Å². The van der Waals surface area contributed by atoms with Gasteiger partial charge in [-0.1, -0.05) is 5.16 Å². The molecule has 1 fully saturated rings. The number of aromatic amines is 1. The van der Waals surface area contributed by atoms with E-state index in [0.29, 0.717) is 11.7 Å². The van der Waals surface area contributed by atoms with Crippen LogP contribution in [0.15, 0.2) is 16.8 Å². The predicted molar refractivity (Wildman–Crippen MR) is 63.7 cm³/mol. The molecule has 1 aliphatic heterocycles. The summed E-state index contributed by atoms with van der Waals surface area (Å²) in [6.45, 7) is 4.06. The van der Waals surface area contributed by atoms with Crippen LogP contribution in [0.2, 0.25) is 0 Å². The number of H-pyrrole nitrogens is 1. The van der Waals surface area contributed by atoms with Crippen molar-refractivity contribution in [1.82, 2.24) is 20.4 Å². The zero-order valence-corrected chi connectivity index (χ0v) is 9.86. The van der Waals surface area contributed by atoms with Crippen molar-refractivity contribution < 1.29 is 4.52 Å². The largest absolute Gasteiger partial charge is 0.358 e. The summed E-state index contributed by atoms with van der Waals surface area (Å²) < 4.78 is 5.35. The number of hydrogen-bond donors (Lipinski definition) is 2. The molecule has 3 heterocycles. The molecule has 0 amide bonds. The quantitative estimate of drug-likeness (QED) is 0.829. The predicted octanol–water partition coefficient (Wildman–Crippen LogP) is 1.84. The van der Waals surface area contributed by atoms with Gasteiger partial charge in [0.25, 0.3) is 0 Å². The Kier molecular flexibility index (Phi) is 2.68. The lowest BCUT2D eigenvalue weighted by Gasteiger charge is -2.18. The van der Waals surface area contributed by atoms with E-state index in [1.54, 1.807) is 0 Å². The first-order valence-corrected chi connectivity index (χ1v) is 6.02. The van der Waals surface area contributed by atoms with E-state index < -0.39 is 0 Å². The van der Waals surface area contributed by atoms with E-state index in [1.165, 1.54) is 12.0 Å². The Labute approximate surface area is 99.6 Å². The third-order valence-electron chi connectivity index (χ3n) is 3.16. The van der Waals surface area contributed by atoms with Crippen molar-refractivity contribution in [2.75, 3.05) is 13.1 Å². The van der Waals surface area contributed by atoms with Crippen molar-refractivity contribution in [1.29, 1.82) is 0 Å². The Morgan fingerprint density at radius 1 is 1.47 bits per heavy atom. The molecular weight excluding hydrogens is 216 g/mol. The summed E-state index contributed by atoms with van der Waals surface area (Å²) in [5.41, 5.74) is 2.09. The van der Waals surface area contributed by atoms with Gasteiger partial charge < -0.3 is 14.8 Å². The molecule has 5 nitrogen and oxygen atoms in total. The average Bonchev–Trinajstić information content (AvgIpc) is 2.98. The number of hydrogen-bond acceptors (Lipinski definition) is 4. The van der Waals surface area contributed by atoms with Gasteiger partial charge in [0.05, 0.1) is 11.6 Å². The van der Waals surface area contributed by atoms with Gasteiger partial charge in [-0.3, -0.25) is 0 Å². The Morgan fingerprint density at radius 2 is 2.41 bits per heavy atom. The van der Waals surface area contributed by atoms with Crippen LogP contribution >= 0.6 is 0 Å². The minimum atomic E-state index is 0.362. The summed E-state index contributed by atoms with van der Waals surface area (Å²) in [4.78, 5) is 7.61. The standard InChI is InChI=1S/C12H16N4O/c1-8-5-10(14-6-8)11-15-12(17-16-11)9-3-2-4-13-7-9/h5-6,9,13-14H,2-4,7H2,1H3. The molecule has 2 N–H and O–H groups in total. The third kappa shape index (κ3) is 2.10. The fraction of sp³-hybridized carbons (Fsp3) is 0.500. The van der Waals surface area contributed by atoms with Crippen LogP contribution in [0.4, 0.5) is 0 Å². The first-order valence-electron chi connectivity index (χ1n) is 6.02. The molecule has 1 atom stereocenters. The van der Waals surface area contributed by atoms with E-state index in [-0.39, 0.29) is 0 Å². The fourth-order valence-electron chi connectivity index (χ4n) is 2.20. The van der Waals surface area contributed by atoms with Gasteiger partial charge in [0, 0.05) is 12.7 Å². The molecule has 1 saturated heterocycles. The van der Waals surface area contributed by atoms with Gasteiger partial charge in [-0.25, -0.2) is 0 Å². The van der Waals surface area contributed by atoms with Crippen molar-refractivity contribution in [2.45, 2.75) is 25.7 Å². The second kappa shape index (κ2) is 4.33. The fourth-order valence-corrected chi connectivity index (χ4v) is 2.20. The maximum Gasteiger partial charge on any atom is 0.231 e. The maximum atomic E-state index is 5.35. The van der Waals surface area contributed by atoms with Crippen LogP contribution in [-0.2, 0) is 0 Å². The Hall–Kier alpha value is -1.62. The van der Waals surface area contributed by atoms with Crippen LogP contribution in [0.5, 0.6) is 0 Å². The average molecular weight is 232 g/mol. The molecule has 90 valence electrons. The highest BCUT2D eigenvalue weighted by molar-refractivity contribution is 5.50. The molecule has 0 saturated carbocycles. The van der Waals surface area contributed by atoms with Gasteiger partial charge in [0.15, 0.2) is 0 Å². The van der Waals surface area contributed by atoms with Gasteiger partial charge >= 0.3 is 0 Å². The van der Waals surface area contributed by atoms with Crippen LogP contribution in [0.25, 0.3) is 11.5 Å². The summed E-state index contributed by atoms with van der Waals surface area (Å²) in [6.07, 6.45) is 4.23. The van der Waals surface area contributed by atoms with Crippen molar-refractivity contribution in [3.8, 4) is 11.5 Å². The topological polar surface area (TPSA) is 66.7 Å². The highest BCUT2D eigenvalue weighted by Crippen LogP contribution is 2.24. The van der Waals surface area contributed by atoms with E-state index in [2.05, 4.69) is 20.4 Å². The highest BCUT2D eigenvalue weighted by atomic mass is 16.5. The van der Waals surface area contributed by atoms with Gasteiger partial charge in [-0.05, 0) is 37.9 Å². The van der Waals surface area contributed by atoms with E-state index in [9.17, 15) is 0 Å². The van der Waals surface area contributed by atoms with Gasteiger partial charge in [0.2, 0.25) is 11.7 Å². The molecular formula is C12H16N4O. The molecule has 5 heteroatoms. The maximum absolute atomic E-state index is 5.35. The Morgan fingerprint density at radius 3 is 3.12 bits per heavy atom. The summed E-state index contributed by atoms with van der Waals surface area (Å²) in [5.74, 6) is 1.76. The molecule has 0 bridgehead atoms. The Balaban J connectivity index is 1.82. The number of piperidine rings is 1. The first-order chi connectivity index (χ1) is 8.33. The molecule has 3 rings (SSSR count). The van der Waals surface area contributed by atoms with E-state index in [0.717, 1.165) is 31.1 Å². The minimum absolute atomic E-state index is 0.362. The lowest BCUT2D eigenvalue weighted by Crippen LogP contribution is -2.28. The normalized spacial score (nSPS) is 20.6. The van der Waals surface area contributed by atoms with E-state index in [1.807, 2.05) is 19.2 Å². The van der Waals surface area contributed by atoms with Crippen molar-refractivity contribution in [2.24, 2.45) is 0 Å². The van der Waals surface area contributed by atoms with Gasteiger partial charge in [-0.15, -0.1) is 0 Å². The van der Waals surface area contributed by atoms with Gasteiger partial charge in [0.1, 0.15) is 0 Å². The molecule has 0 aromatic carbocycles. The zero-order chi connectivity index (χ0) is 11.7. The van der Waals surface area contributed by atoms with Crippen LogP contribution < -0.4 is 5.32 Å². The SMILES string of the molecule is Cc1c[nH]c(-c2noc(C3CCCNC3)n2)c1. The molecule has 1 unspecified atom stereocenters. The molecule has 2 aromatic rings. The summed E-state index contributed by atoms with van der Waals surface area (Å²) in [6, 6.07) is 2.02. The number of rotatable bonds is 2. The first kappa shape index (κ1) is 10.5. The van der Waals surface area contributed by atoms with E-state index >= 15 is 0 Å². The summed E-state index contributed by atoms with van der Waals surface area (Å²) in [7, 11) is 0. The second-order valence-electron chi connectivity index (χ2n) is 4.59. The summed E-state index contributed by atoms with van der Waals surface area (Å²) >= 11 is 0. The lowest BCUT2D eigenvalue weighted by atomic mass is 10.00. The lowest BCUT2D eigenvalue weighted by molar-refractivity contribution is 0.322. The number of aromatic nitrogens is 3.